The van der Waals surface area contributed by atoms with Gasteiger partial charge in [0.1, 0.15) is 0 Å². The van der Waals surface area contributed by atoms with Gasteiger partial charge in [-0.15, -0.1) is 0 Å². The van der Waals surface area contributed by atoms with E-state index in [-0.39, 0.29) is 11.9 Å². The highest BCUT2D eigenvalue weighted by atomic mass is 32.2. The van der Waals surface area contributed by atoms with Crippen molar-refractivity contribution < 1.29 is 9.00 Å². The number of nitrogens with two attached hydrogens (primary N) is 1. The van der Waals surface area contributed by atoms with Gasteiger partial charge in [-0.2, -0.15) is 0 Å². The Balaban J connectivity index is 2.47. The molecule has 0 heterocycles. The fraction of sp³-hybridized carbons (Fsp3) is 0.933. The van der Waals surface area contributed by atoms with E-state index in [4.69, 9.17) is 5.73 Å². The standard InChI is InChI=1S/C15H30N2O2S/c1-11(2)15(3)8-5-6-12(10-15)17-14(18)13(16)7-9-20(4)19/h11-13H,5-10,16H2,1-4H3,(H,17,18)/t12-,13?,15?,20?/m0/s1. The second kappa shape index (κ2) is 7.55. The monoisotopic (exact) mass is 302 g/mol. The lowest BCUT2D eigenvalue weighted by Gasteiger charge is -2.41. The van der Waals surface area contributed by atoms with E-state index in [2.05, 4.69) is 26.1 Å². The Hall–Kier alpha value is -0.420. The van der Waals surface area contributed by atoms with Crippen LogP contribution >= 0.6 is 0 Å². The van der Waals surface area contributed by atoms with Gasteiger partial charge >= 0.3 is 0 Å². The average Bonchev–Trinajstić information content (AvgIpc) is 2.35. The molecule has 0 aromatic carbocycles. The third-order valence-corrected chi connectivity index (χ3v) is 5.62. The number of rotatable bonds is 6. The lowest BCUT2D eigenvalue weighted by atomic mass is 9.67. The second-order valence-corrected chi connectivity index (χ2v) is 8.34. The summed E-state index contributed by atoms with van der Waals surface area (Å²) in [5.41, 5.74) is 6.17. The minimum absolute atomic E-state index is 0.0894. The molecule has 3 unspecified atom stereocenters. The molecule has 0 spiro atoms. The number of hydrogen-bond acceptors (Lipinski definition) is 3. The molecule has 1 rings (SSSR count). The molecule has 4 nitrogen and oxygen atoms in total. The Morgan fingerprint density at radius 2 is 2.15 bits per heavy atom. The molecule has 4 atom stereocenters. The summed E-state index contributed by atoms with van der Waals surface area (Å²) in [5, 5.41) is 3.09. The smallest absolute Gasteiger partial charge is 0.237 e. The lowest BCUT2D eigenvalue weighted by Crippen LogP contribution is -2.49. The number of amides is 1. The maximum atomic E-state index is 12.1. The third kappa shape index (κ3) is 5.17. The predicted octanol–water partition coefficient (Wildman–Crippen LogP) is 1.80. The molecular weight excluding hydrogens is 272 g/mol. The van der Waals surface area contributed by atoms with Crippen molar-refractivity contribution in [2.75, 3.05) is 12.0 Å². The van der Waals surface area contributed by atoms with Gasteiger partial charge in [0, 0.05) is 28.9 Å². The lowest BCUT2D eigenvalue weighted by molar-refractivity contribution is -0.123. The van der Waals surface area contributed by atoms with Crippen LogP contribution in [0, 0.1) is 11.3 Å². The van der Waals surface area contributed by atoms with Crippen molar-refractivity contribution in [2.45, 2.75) is 65.0 Å². The summed E-state index contributed by atoms with van der Waals surface area (Å²) in [6, 6.07) is -0.298. The Morgan fingerprint density at radius 1 is 1.50 bits per heavy atom. The van der Waals surface area contributed by atoms with E-state index < -0.39 is 16.8 Å². The molecule has 1 aliphatic rings. The minimum atomic E-state index is -0.888. The van der Waals surface area contributed by atoms with Crippen LogP contribution in [0.1, 0.15) is 52.9 Å². The van der Waals surface area contributed by atoms with E-state index in [1.807, 2.05) is 0 Å². The van der Waals surface area contributed by atoms with Gasteiger partial charge in [0.2, 0.25) is 5.91 Å². The quantitative estimate of drug-likeness (QED) is 0.786. The molecule has 1 aliphatic carbocycles. The minimum Gasteiger partial charge on any atom is -0.352 e. The summed E-state index contributed by atoms with van der Waals surface area (Å²) in [5.74, 6) is 1.02. The fourth-order valence-corrected chi connectivity index (χ4v) is 3.48. The molecule has 0 aromatic rings. The molecule has 1 saturated carbocycles. The maximum Gasteiger partial charge on any atom is 0.237 e. The molecule has 0 saturated heterocycles. The molecule has 0 bridgehead atoms. The first kappa shape index (κ1) is 17.6. The van der Waals surface area contributed by atoms with E-state index in [0.717, 1.165) is 19.3 Å². The van der Waals surface area contributed by atoms with Crippen LogP contribution in [-0.4, -0.2) is 34.2 Å². The van der Waals surface area contributed by atoms with Crippen LogP contribution in [0.2, 0.25) is 0 Å². The van der Waals surface area contributed by atoms with Crippen LogP contribution in [-0.2, 0) is 15.6 Å². The zero-order valence-corrected chi connectivity index (χ0v) is 14.1. The number of carbonyl (C=O) groups excluding carboxylic acids is 1. The first-order valence-corrected chi connectivity index (χ1v) is 9.33. The molecule has 1 fully saturated rings. The van der Waals surface area contributed by atoms with Crippen molar-refractivity contribution in [3.05, 3.63) is 0 Å². The third-order valence-electron chi connectivity index (χ3n) is 4.81. The Kier molecular flexibility index (Phi) is 6.65. The molecule has 0 aromatic heterocycles. The average molecular weight is 302 g/mol. The van der Waals surface area contributed by atoms with Gasteiger partial charge in [-0.25, -0.2) is 0 Å². The maximum absolute atomic E-state index is 12.1. The van der Waals surface area contributed by atoms with Crippen molar-refractivity contribution in [3.63, 3.8) is 0 Å². The van der Waals surface area contributed by atoms with Crippen LogP contribution in [0.3, 0.4) is 0 Å². The molecule has 20 heavy (non-hydrogen) atoms. The number of carbonyl (C=O) groups is 1. The predicted molar refractivity (Wildman–Crippen MR) is 84.9 cm³/mol. The molecular formula is C15H30N2O2S. The number of nitrogens with one attached hydrogen (secondary N) is 1. The molecule has 0 radical (unpaired) electrons. The van der Waals surface area contributed by atoms with Gasteiger partial charge in [-0.05, 0) is 37.0 Å². The Labute approximate surface area is 125 Å². The normalized spacial score (nSPS) is 30.0. The van der Waals surface area contributed by atoms with Gasteiger partial charge in [0.15, 0.2) is 0 Å². The molecule has 3 N–H and O–H groups in total. The van der Waals surface area contributed by atoms with Gasteiger partial charge in [0.05, 0.1) is 6.04 Å². The highest BCUT2D eigenvalue weighted by molar-refractivity contribution is 7.84. The van der Waals surface area contributed by atoms with E-state index in [9.17, 15) is 9.00 Å². The zero-order valence-electron chi connectivity index (χ0n) is 13.3. The molecule has 118 valence electrons. The summed E-state index contributed by atoms with van der Waals surface area (Å²) in [6.07, 6.45) is 6.60. The molecule has 1 amide bonds. The van der Waals surface area contributed by atoms with Gasteiger partial charge < -0.3 is 11.1 Å². The topological polar surface area (TPSA) is 72.2 Å². The van der Waals surface area contributed by atoms with Crippen LogP contribution in [0.15, 0.2) is 0 Å². The van der Waals surface area contributed by atoms with Crippen molar-refractivity contribution in [2.24, 2.45) is 17.1 Å². The summed E-state index contributed by atoms with van der Waals surface area (Å²) in [7, 11) is -0.888. The highest BCUT2D eigenvalue weighted by Crippen LogP contribution is 2.41. The van der Waals surface area contributed by atoms with Crippen LogP contribution in [0.25, 0.3) is 0 Å². The van der Waals surface area contributed by atoms with Crippen LogP contribution in [0.5, 0.6) is 0 Å². The Morgan fingerprint density at radius 3 is 2.70 bits per heavy atom. The van der Waals surface area contributed by atoms with Crippen molar-refractivity contribution in [3.8, 4) is 0 Å². The van der Waals surface area contributed by atoms with Crippen LogP contribution in [0.4, 0.5) is 0 Å². The highest BCUT2D eigenvalue weighted by Gasteiger charge is 2.35. The van der Waals surface area contributed by atoms with Gasteiger partial charge in [-0.1, -0.05) is 27.2 Å². The molecule has 5 heteroatoms. The first-order valence-electron chi connectivity index (χ1n) is 7.60. The van der Waals surface area contributed by atoms with E-state index in [1.54, 1.807) is 6.26 Å². The summed E-state index contributed by atoms with van der Waals surface area (Å²) in [4.78, 5) is 12.1. The van der Waals surface area contributed by atoms with Crippen LogP contribution < -0.4 is 11.1 Å². The zero-order chi connectivity index (χ0) is 15.3. The largest absolute Gasteiger partial charge is 0.352 e. The van der Waals surface area contributed by atoms with E-state index in [0.29, 0.717) is 23.5 Å². The van der Waals surface area contributed by atoms with Crippen molar-refractivity contribution in [1.82, 2.24) is 5.32 Å². The van der Waals surface area contributed by atoms with Gasteiger partial charge in [-0.3, -0.25) is 9.00 Å². The first-order chi connectivity index (χ1) is 9.24. The van der Waals surface area contributed by atoms with Crippen molar-refractivity contribution >= 4 is 16.7 Å². The fourth-order valence-electron chi connectivity index (χ4n) is 2.90. The Bertz CT molecular complexity index is 360. The summed E-state index contributed by atoms with van der Waals surface area (Å²) in [6.45, 7) is 6.83. The summed E-state index contributed by atoms with van der Waals surface area (Å²) < 4.78 is 11.0. The second-order valence-electron chi connectivity index (χ2n) is 6.78. The van der Waals surface area contributed by atoms with Crippen molar-refractivity contribution in [1.29, 1.82) is 0 Å². The number of hydrogen-bond donors (Lipinski definition) is 2. The summed E-state index contributed by atoms with van der Waals surface area (Å²) >= 11 is 0. The SMILES string of the molecule is CC(C)C1(C)CCC[C@H](NC(=O)C(N)CCS(C)=O)C1. The van der Waals surface area contributed by atoms with E-state index in [1.165, 1.54) is 6.42 Å². The van der Waals surface area contributed by atoms with Gasteiger partial charge in [0.25, 0.3) is 0 Å². The molecule has 0 aliphatic heterocycles. The van der Waals surface area contributed by atoms with E-state index >= 15 is 0 Å².